The van der Waals surface area contributed by atoms with E-state index in [0.29, 0.717) is 5.69 Å². The molecule has 0 spiro atoms. The van der Waals surface area contributed by atoms with Gasteiger partial charge in [0.2, 0.25) is 0 Å². The second-order valence-electron chi connectivity index (χ2n) is 4.61. The Labute approximate surface area is 113 Å². The van der Waals surface area contributed by atoms with Gasteiger partial charge in [0.15, 0.2) is 0 Å². The molecule has 0 saturated carbocycles. The van der Waals surface area contributed by atoms with Gasteiger partial charge in [-0.3, -0.25) is 0 Å². The SMILES string of the molecule is Cc1cccc(Oc2ccc(CCCO)c(N)c2)c1. The van der Waals surface area contributed by atoms with Crippen molar-refractivity contribution in [2.24, 2.45) is 0 Å². The Morgan fingerprint density at radius 3 is 2.58 bits per heavy atom. The maximum atomic E-state index is 8.83. The van der Waals surface area contributed by atoms with Crippen LogP contribution in [-0.4, -0.2) is 11.7 Å². The van der Waals surface area contributed by atoms with E-state index in [1.807, 2.05) is 49.4 Å². The molecule has 19 heavy (non-hydrogen) atoms. The first-order valence-electron chi connectivity index (χ1n) is 6.43. The van der Waals surface area contributed by atoms with Gasteiger partial charge in [0, 0.05) is 18.4 Å². The summed E-state index contributed by atoms with van der Waals surface area (Å²) in [5.41, 5.74) is 8.90. The van der Waals surface area contributed by atoms with Crippen molar-refractivity contribution in [3.05, 3.63) is 53.6 Å². The molecule has 3 heteroatoms. The summed E-state index contributed by atoms with van der Waals surface area (Å²) in [5.74, 6) is 1.54. The van der Waals surface area contributed by atoms with Crippen LogP contribution in [0.2, 0.25) is 0 Å². The van der Waals surface area contributed by atoms with Gasteiger partial charge >= 0.3 is 0 Å². The minimum Gasteiger partial charge on any atom is -0.457 e. The molecule has 0 aliphatic rings. The first kappa shape index (κ1) is 13.4. The Morgan fingerprint density at radius 1 is 1.11 bits per heavy atom. The van der Waals surface area contributed by atoms with E-state index in [9.17, 15) is 0 Å². The molecular weight excluding hydrogens is 238 g/mol. The fraction of sp³-hybridized carbons (Fsp3) is 0.250. The second kappa shape index (κ2) is 6.25. The average molecular weight is 257 g/mol. The maximum Gasteiger partial charge on any atom is 0.129 e. The van der Waals surface area contributed by atoms with Crippen LogP contribution in [0.5, 0.6) is 11.5 Å². The Bertz CT molecular complexity index is 552. The molecule has 100 valence electrons. The van der Waals surface area contributed by atoms with Crippen molar-refractivity contribution in [3.63, 3.8) is 0 Å². The summed E-state index contributed by atoms with van der Waals surface area (Å²) in [6.45, 7) is 2.21. The van der Waals surface area contributed by atoms with E-state index in [0.717, 1.165) is 35.5 Å². The predicted octanol–water partition coefficient (Wildman–Crippen LogP) is 3.29. The van der Waals surface area contributed by atoms with Crippen LogP contribution in [0.3, 0.4) is 0 Å². The first-order valence-corrected chi connectivity index (χ1v) is 6.43. The zero-order chi connectivity index (χ0) is 13.7. The van der Waals surface area contributed by atoms with Crippen molar-refractivity contribution in [1.29, 1.82) is 0 Å². The number of aryl methyl sites for hydroxylation is 2. The molecule has 0 aliphatic heterocycles. The third kappa shape index (κ3) is 3.73. The molecule has 0 saturated heterocycles. The summed E-state index contributed by atoms with van der Waals surface area (Å²) in [6, 6.07) is 13.6. The molecule has 0 unspecified atom stereocenters. The molecule has 2 aromatic carbocycles. The van der Waals surface area contributed by atoms with Crippen LogP contribution < -0.4 is 10.5 Å². The van der Waals surface area contributed by atoms with Gasteiger partial charge in [-0.2, -0.15) is 0 Å². The van der Waals surface area contributed by atoms with Gasteiger partial charge in [0.1, 0.15) is 11.5 Å². The Hall–Kier alpha value is -2.00. The second-order valence-corrected chi connectivity index (χ2v) is 4.61. The summed E-state index contributed by atoms with van der Waals surface area (Å²) in [4.78, 5) is 0. The third-order valence-corrected chi connectivity index (χ3v) is 2.95. The van der Waals surface area contributed by atoms with E-state index in [2.05, 4.69) is 0 Å². The highest BCUT2D eigenvalue weighted by Gasteiger charge is 2.03. The topological polar surface area (TPSA) is 55.5 Å². The van der Waals surface area contributed by atoms with Gasteiger partial charge in [0.05, 0.1) is 0 Å². The summed E-state index contributed by atoms with van der Waals surface area (Å²) < 4.78 is 5.77. The van der Waals surface area contributed by atoms with Crippen LogP contribution in [0.15, 0.2) is 42.5 Å². The number of hydrogen-bond acceptors (Lipinski definition) is 3. The number of hydrogen-bond donors (Lipinski definition) is 2. The Balaban J connectivity index is 2.11. The molecule has 2 aromatic rings. The molecule has 0 amide bonds. The average Bonchev–Trinajstić information content (AvgIpc) is 2.38. The number of nitrogen functional groups attached to an aromatic ring is 1. The highest BCUT2D eigenvalue weighted by Crippen LogP contribution is 2.26. The fourth-order valence-corrected chi connectivity index (χ4v) is 1.95. The molecule has 0 bridgehead atoms. The van der Waals surface area contributed by atoms with Crippen LogP contribution in [0.25, 0.3) is 0 Å². The summed E-state index contributed by atoms with van der Waals surface area (Å²) in [5, 5.41) is 8.83. The summed E-state index contributed by atoms with van der Waals surface area (Å²) in [6.07, 6.45) is 1.51. The van der Waals surface area contributed by atoms with Crippen molar-refractivity contribution >= 4 is 5.69 Å². The van der Waals surface area contributed by atoms with E-state index in [4.69, 9.17) is 15.6 Å². The maximum absolute atomic E-state index is 8.83. The summed E-state index contributed by atoms with van der Waals surface area (Å²) in [7, 11) is 0. The predicted molar refractivity (Wildman–Crippen MR) is 77.5 cm³/mol. The molecule has 0 radical (unpaired) electrons. The van der Waals surface area contributed by atoms with E-state index < -0.39 is 0 Å². The van der Waals surface area contributed by atoms with Gasteiger partial charge in [0.25, 0.3) is 0 Å². The fourth-order valence-electron chi connectivity index (χ4n) is 1.95. The lowest BCUT2D eigenvalue weighted by atomic mass is 10.1. The lowest BCUT2D eigenvalue weighted by molar-refractivity contribution is 0.288. The van der Waals surface area contributed by atoms with E-state index in [1.165, 1.54) is 0 Å². The number of benzene rings is 2. The molecule has 3 nitrogen and oxygen atoms in total. The van der Waals surface area contributed by atoms with Gasteiger partial charge in [-0.15, -0.1) is 0 Å². The van der Waals surface area contributed by atoms with Crippen molar-refractivity contribution in [1.82, 2.24) is 0 Å². The lowest BCUT2D eigenvalue weighted by Crippen LogP contribution is -1.97. The lowest BCUT2D eigenvalue weighted by Gasteiger charge is -2.10. The van der Waals surface area contributed by atoms with Crippen molar-refractivity contribution in [3.8, 4) is 11.5 Å². The highest BCUT2D eigenvalue weighted by atomic mass is 16.5. The van der Waals surface area contributed by atoms with Crippen LogP contribution >= 0.6 is 0 Å². The quantitative estimate of drug-likeness (QED) is 0.808. The number of ether oxygens (including phenoxy) is 1. The van der Waals surface area contributed by atoms with Crippen LogP contribution in [0, 0.1) is 6.92 Å². The molecule has 0 fully saturated rings. The number of aliphatic hydroxyl groups is 1. The molecule has 3 N–H and O–H groups in total. The number of anilines is 1. The van der Waals surface area contributed by atoms with Crippen molar-refractivity contribution < 1.29 is 9.84 Å². The molecular formula is C16H19NO2. The Kier molecular flexibility index (Phi) is 4.42. The standard InChI is InChI=1S/C16H19NO2/c1-12-4-2-6-14(10-12)19-15-8-7-13(5-3-9-18)16(17)11-15/h2,4,6-8,10-11,18H,3,5,9,17H2,1H3. The Morgan fingerprint density at radius 2 is 1.89 bits per heavy atom. The molecule has 2 rings (SSSR count). The first-order chi connectivity index (χ1) is 9.19. The largest absolute Gasteiger partial charge is 0.457 e. The van der Waals surface area contributed by atoms with Crippen molar-refractivity contribution in [2.75, 3.05) is 12.3 Å². The van der Waals surface area contributed by atoms with Gasteiger partial charge < -0.3 is 15.6 Å². The van der Waals surface area contributed by atoms with E-state index in [1.54, 1.807) is 0 Å². The number of aliphatic hydroxyl groups excluding tert-OH is 1. The minimum absolute atomic E-state index is 0.182. The highest BCUT2D eigenvalue weighted by molar-refractivity contribution is 5.52. The van der Waals surface area contributed by atoms with Gasteiger partial charge in [-0.1, -0.05) is 18.2 Å². The van der Waals surface area contributed by atoms with E-state index >= 15 is 0 Å². The summed E-state index contributed by atoms with van der Waals surface area (Å²) >= 11 is 0. The minimum atomic E-state index is 0.182. The van der Waals surface area contributed by atoms with Gasteiger partial charge in [-0.05, 0) is 49.1 Å². The van der Waals surface area contributed by atoms with Crippen LogP contribution in [0.1, 0.15) is 17.5 Å². The smallest absolute Gasteiger partial charge is 0.129 e. The van der Waals surface area contributed by atoms with E-state index in [-0.39, 0.29) is 6.61 Å². The zero-order valence-electron chi connectivity index (χ0n) is 11.1. The normalized spacial score (nSPS) is 10.4. The number of nitrogens with two attached hydrogens (primary N) is 1. The zero-order valence-corrected chi connectivity index (χ0v) is 11.1. The van der Waals surface area contributed by atoms with Gasteiger partial charge in [-0.25, -0.2) is 0 Å². The number of rotatable bonds is 5. The molecule has 0 atom stereocenters. The molecule has 0 heterocycles. The monoisotopic (exact) mass is 257 g/mol. The van der Waals surface area contributed by atoms with Crippen LogP contribution in [0.4, 0.5) is 5.69 Å². The third-order valence-electron chi connectivity index (χ3n) is 2.95. The molecule has 0 aromatic heterocycles. The molecule has 0 aliphatic carbocycles. The van der Waals surface area contributed by atoms with Crippen molar-refractivity contribution in [2.45, 2.75) is 19.8 Å². The van der Waals surface area contributed by atoms with Crippen LogP contribution in [-0.2, 0) is 6.42 Å².